The molecule has 1 amide bonds. The van der Waals surface area contributed by atoms with Gasteiger partial charge in [-0.2, -0.15) is 14.4 Å². The Hall–Kier alpha value is -3.10. The van der Waals surface area contributed by atoms with Crippen LogP contribution >= 0.6 is 0 Å². The van der Waals surface area contributed by atoms with Crippen LogP contribution in [0.1, 0.15) is 60.9 Å². The van der Waals surface area contributed by atoms with E-state index in [4.69, 9.17) is 5.73 Å². The molecule has 164 valence electrons. The highest BCUT2D eigenvalue weighted by atomic mass is 19.1. The molecule has 2 heterocycles. The lowest BCUT2D eigenvalue weighted by atomic mass is 9.98. The molecule has 0 aliphatic heterocycles. The van der Waals surface area contributed by atoms with Gasteiger partial charge in [0.05, 0.1) is 0 Å². The van der Waals surface area contributed by atoms with E-state index in [0.29, 0.717) is 24.2 Å². The molecule has 1 atom stereocenters. The Labute approximate surface area is 179 Å². The predicted molar refractivity (Wildman–Crippen MR) is 114 cm³/mol. The number of nitrogen functional groups attached to an aromatic ring is 1. The lowest BCUT2D eigenvalue weighted by Gasteiger charge is -2.13. The highest BCUT2D eigenvalue weighted by Gasteiger charge is 2.24. The number of hydrogen-bond donors (Lipinski definition) is 2. The number of imidazole rings is 1. The van der Waals surface area contributed by atoms with Gasteiger partial charge in [0.15, 0.2) is 17.0 Å². The number of nitrogens with one attached hydrogen (secondary N) is 1. The van der Waals surface area contributed by atoms with E-state index in [1.54, 1.807) is 4.57 Å². The molecule has 1 aliphatic rings. The summed E-state index contributed by atoms with van der Waals surface area (Å²) in [5.41, 5.74) is 10.2. The third-order valence-electron chi connectivity index (χ3n) is 5.64. The summed E-state index contributed by atoms with van der Waals surface area (Å²) in [6, 6.07) is 3.94. The molecule has 9 heteroatoms. The molecule has 3 N–H and O–H groups in total. The van der Waals surface area contributed by atoms with E-state index in [9.17, 15) is 13.6 Å². The Bertz CT molecular complexity index is 1160. The fourth-order valence-corrected chi connectivity index (χ4v) is 4.16. The number of alkyl halides is 1. The van der Waals surface area contributed by atoms with Crippen molar-refractivity contribution in [3.05, 3.63) is 46.3 Å². The molecule has 0 bridgehead atoms. The van der Waals surface area contributed by atoms with E-state index in [2.05, 4.69) is 20.3 Å². The summed E-state index contributed by atoms with van der Waals surface area (Å²) in [6.07, 6.45) is -0.0891. The second-order valence-electron chi connectivity index (χ2n) is 8.36. The summed E-state index contributed by atoms with van der Waals surface area (Å²) in [5, 5.41) is 2.84. The van der Waals surface area contributed by atoms with Crippen LogP contribution in [0.2, 0.25) is 0 Å². The Kier molecular flexibility index (Phi) is 5.60. The van der Waals surface area contributed by atoms with Crippen LogP contribution in [0.5, 0.6) is 0 Å². The first-order valence-electron chi connectivity index (χ1n) is 10.5. The monoisotopic (exact) mass is 428 g/mol. The Morgan fingerprint density at radius 1 is 1.32 bits per heavy atom. The third-order valence-corrected chi connectivity index (χ3v) is 5.64. The molecule has 31 heavy (non-hydrogen) atoms. The summed E-state index contributed by atoms with van der Waals surface area (Å²) in [6.45, 7) is 6.01. The van der Waals surface area contributed by atoms with E-state index in [-0.39, 0.29) is 36.4 Å². The fourth-order valence-electron chi connectivity index (χ4n) is 4.16. The molecule has 1 unspecified atom stereocenters. The first kappa shape index (κ1) is 21.1. The van der Waals surface area contributed by atoms with E-state index >= 15 is 0 Å². The number of benzene rings is 1. The quantitative estimate of drug-likeness (QED) is 0.587. The van der Waals surface area contributed by atoms with E-state index in [0.717, 1.165) is 28.7 Å². The molecule has 2 aromatic heterocycles. The van der Waals surface area contributed by atoms with Gasteiger partial charge in [0, 0.05) is 25.4 Å². The molecular formula is C22H26F2N6O. The topological polar surface area (TPSA) is 98.7 Å². The Morgan fingerprint density at radius 3 is 2.84 bits per heavy atom. The van der Waals surface area contributed by atoms with Crippen LogP contribution in [0, 0.1) is 13.0 Å². The molecule has 0 fully saturated rings. The number of anilines is 1. The fraction of sp³-hybridized carbons (Fsp3) is 0.455. The number of nitrogens with two attached hydrogens (primary N) is 1. The second-order valence-corrected chi connectivity index (χ2v) is 8.36. The van der Waals surface area contributed by atoms with E-state index < -0.39 is 12.2 Å². The summed E-state index contributed by atoms with van der Waals surface area (Å²) in [5.74, 6) is 0.401. The van der Waals surface area contributed by atoms with Gasteiger partial charge < -0.3 is 15.6 Å². The number of amides is 1. The van der Waals surface area contributed by atoms with Crippen LogP contribution in [0.25, 0.3) is 11.2 Å². The lowest BCUT2D eigenvalue weighted by Crippen LogP contribution is -2.30. The van der Waals surface area contributed by atoms with Crippen LogP contribution in [-0.2, 0) is 24.2 Å². The van der Waals surface area contributed by atoms with Crippen LogP contribution in [0.3, 0.4) is 0 Å². The molecule has 0 spiro atoms. The van der Waals surface area contributed by atoms with Crippen molar-refractivity contribution in [2.75, 3.05) is 5.73 Å². The van der Waals surface area contributed by atoms with Crippen molar-refractivity contribution in [1.29, 1.82) is 0 Å². The van der Waals surface area contributed by atoms with Crippen LogP contribution < -0.4 is 11.1 Å². The van der Waals surface area contributed by atoms with Crippen molar-refractivity contribution in [2.45, 2.75) is 65.2 Å². The molecule has 3 aromatic rings. The SMILES string of the molecule is Cc1cc2c(cc1Cc1nc3c(N)nc(F)nc3n1CCC(=O)NC(C)C)C(F)CC2. The lowest BCUT2D eigenvalue weighted by molar-refractivity contribution is -0.121. The van der Waals surface area contributed by atoms with Crippen molar-refractivity contribution in [1.82, 2.24) is 24.8 Å². The van der Waals surface area contributed by atoms with Gasteiger partial charge in [-0.3, -0.25) is 4.79 Å². The number of aromatic nitrogens is 4. The van der Waals surface area contributed by atoms with Crippen molar-refractivity contribution in [3.63, 3.8) is 0 Å². The zero-order chi connectivity index (χ0) is 22.3. The predicted octanol–water partition coefficient (Wildman–Crippen LogP) is 3.32. The minimum atomic E-state index is -0.955. The number of halogens is 2. The molecule has 7 nitrogen and oxygen atoms in total. The van der Waals surface area contributed by atoms with Gasteiger partial charge in [-0.05, 0) is 55.9 Å². The highest BCUT2D eigenvalue weighted by Crippen LogP contribution is 2.36. The number of hydrogen-bond acceptors (Lipinski definition) is 5. The maximum Gasteiger partial charge on any atom is 0.312 e. The molecule has 1 aromatic carbocycles. The van der Waals surface area contributed by atoms with E-state index in [1.165, 1.54) is 0 Å². The number of fused-ring (bicyclic) bond motifs is 2. The Morgan fingerprint density at radius 2 is 2.10 bits per heavy atom. The molecule has 0 saturated heterocycles. The van der Waals surface area contributed by atoms with Crippen molar-refractivity contribution < 1.29 is 13.6 Å². The maximum atomic E-state index is 14.3. The van der Waals surface area contributed by atoms with Crippen molar-refractivity contribution >= 4 is 22.9 Å². The summed E-state index contributed by atoms with van der Waals surface area (Å²) >= 11 is 0. The number of nitrogens with zero attached hydrogens (tertiary/aromatic N) is 4. The third kappa shape index (κ3) is 4.22. The van der Waals surface area contributed by atoms with Crippen molar-refractivity contribution in [3.8, 4) is 0 Å². The second kappa shape index (κ2) is 8.20. The van der Waals surface area contributed by atoms with Gasteiger partial charge in [0.25, 0.3) is 0 Å². The summed E-state index contributed by atoms with van der Waals surface area (Å²) < 4.78 is 29.9. The average molecular weight is 428 g/mol. The highest BCUT2D eigenvalue weighted by molar-refractivity contribution is 5.82. The molecule has 0 saturated carbocycles. The van der Waals surface area contributed by atoms with Gasteiger partial charge in [-0.15, -0.1) is 0 Å². The first-order chi connectivity index (χ1) is 14.7. The van der Waals surface area contributed by atoms with Gasteiger partial charge in [0.2, 0.25) is 5.91 Å². The molecule has 4 rings (SSSR count). The number of rotatable bonds is 6. The molecular weight excluding hydrogens is 402 g/mol. The van der Waals surface area contributed by atoms with Crippen LogP contribution in [0.4, 0.5) is 14.6 Å². The Balaban J connectivity index is 1.72. The number of carbonyl (C=O) groups is 1. The standard InChI is InChI=1S/C22H26F2N6O/c1-11(2)26-18(31)6-7-30-17(27-19-20(25)28-22(24)29-21(19)30)10-14-9-15-13(8-12(14)3)4-5-16(15)23/h8-9,11,16H,4-7,10H2,1-3H3,(H,26,31)(H2,25,28,29). The van der Waals surface area contributed by atoms with Crippen LogP contribution in [0.15, 0.2) is 12.1 Å². The van der Waals surface area contributed by atoms with Gasteiger partial charge in [-0.1, -0.05) is 12.1 Å². The van der Waals surface area contributed by atoms with E-state index in [1.807, 2.05) is 32.9 Å². The maximum absolute atomic E-state index is 14.3. The molecule has 0 radical (unpaired) electrons. The largest absolute Gasteiger partial charge is 0.382 e. The number of aryl methyl sites for hydroxylation is 3. The van der Waals surface area contributed by atoms with Gasteiger partial charge in [0.1, 0.15) is 12.0 Å². The minimum absolute atomic E-state index is 0.0182. The zero-order valence-corrected chi connectivity index (χ0v) is 17.9. The van der Waals surface area contributed by atoms with Gasteiger partial charge in [-0.25, -0.2) is 9.37 Å². The normalized spacial score (nSPS) is 15.6. The van der Waals surface area contributed by atoms with Gasteiger partial charge >= 0.3 is 6.08 Å². The minimum Gasteiger partial charge on any atom is -0.382 e. The number of carbonyl (C=O) groups excluding carboxylic acids is 1. The first-order valence-corrected chi connectivity index (χ1v) is 10.5. The van der Waals surface area contributed by atoms with Crippen molar-refractivity contribution in [2.24, 2.45) is 0 Å². The summed E-state index contributed by atoms with van der Waals surface area (Å²) in [4.78, 5) is 24.2. The summed E-state index contributed by atoms with van der Waals surface area (Å²) in [7, 11) is 0. The zero-order valence-electron chi connectivity index (χ0n) is 17.9. The molecule has 1 aliphatic carbocycles. The average Bonchev–Trinajstić information content (AvgIpc) is 3.20. The smallest absolute Gasteiger partial charge is 0.312 e. The van der Waals surface area contributed by atoms with Crippen LogP contribution in [-0.4, -0.2) is 31.5 Å².